The van der Waals surface area contributed by atoms with Crippen LogP contribution in [0.25, 0.3) is 0 Å². The van der Waals surface area contributed by atoms with E-state index < -0.39 is 5.60 Å². The molecule has 4 heteroatoms. The number of anilines is 1. The first-order valence-electron chi connectivity index (χ1n) is 5.47. The van der Waals surface area contributed by atoms with Gasteiger partial charge < -0.3 is 15.0 Å². The Labute approximate surface area is 94.2 Å². The number of ether oxygens (including phenoxy) is 1. The minimum atomic E-state index is -0.739. The Kier molecular flexibility index (Phi) is 1.94. The van der Waals surface area contributed by atoms with Crippen LogP contribution in [0.2, 0.25) is 0 Å². The number of rotatable bonds is 0. The molecule has 1 fully saturated rings. The number of benzene rings is 1. The Morgan fingerprint density at radius 3 is 3.00 bits per heavy atom. The molecule has 1 aromatic carbocycles. The maximum absolute atomic E-state index is 12.2. The lowest BCUT2D eigenvalue weighted by molar-refractivity contribution is -0.149. The number of hydrogen-bond donors (Lipinski definition) is 1. The van der Waals surface area contributed by atoms with Crippen molar-refractivity contribution in [3.05, 3.63) is 29.8 Å². The highest BCUT2D eigenvalue weighted by molar-refractivity contribution is 5.90. The van der Waals surface area contributed by atoms with Crippen LogP contribution in [0, 0.1) is 0 Å². The topological polar surface area (TPSA) is 41.6 Å². The summed E-state index contributed by atoms with van der Waals surface area (Å²) in [5, 5.41) is 3.16. The molecule has 0 aliphatic carbocycles. The Bertz CT molecular complexity index is 446. The normalized spacial score (nSPS) is 28.1. The van der Waals surface area contributed by atoms with Crippen molar-refractivity contribution in [1.82, 2.24) is 4.90 Å². The van der Waals surface area contributed by atoms with Gasteiger partial charge in [-0.05, 0) is 6.07 Å². The van der Waals surface area contributed by atoms with Gasteiger partial charge >= 0.3 is 0 Å². The molecule has 1 aromatic rings. The van der Waals surface area contributed by atoms with Crippen LogP contribution in [-0.4, -0.2) is 31.1 Å². The van der Waals surface area contributed by atoms with Crippen molar-refractivity contribution < 1.29 is 9.53 Å². The number of likely N-dealkylation sites (tertiary alicyclic amines) is 1. The summed E-state index contributed by atoms with van der Waals surface area (Å²) in [5.74, 6) is 0.0708. The molecule has 2 aliphatic heterocycles. The first kappa shape index (κ1) is 9.66. The molecule has 16 heavy (non-hydrogen) atoms. The van der Waals surface area contributed by atoms with Gasteiger partial charge in [-0.3, -0.25) is 4.79 Å². The number of hydrogen-bond acceptors (Lipinski definition) is 3. The smallest absolute Gasteiger partial charge is 0.259 e. The van der Waals surface area contributed by atoms with Crippen molar-refractivity contribution in [2.75, 3.05) is 25.6 Å². The van der Waals surface area contributed by atoms with Crippen molar-refractivity contribution in [2.24, 2.45) is 0 Å². The molecule has 1 saturated heterocycles. The number of fused-ring (bicyclic) bond motifs is 2. The van der Waals surface area contributed by atoms with Crippen LogP contribution in [0.1, 0.15) is 12.0 Å². The van der Waals surface area contributed by atoms with Crippen LogP contribution in [0.15, 0.2) is 24.3 Å². The molecular formula is C12H14N2O2. The molecular weight excluding hydrogens is 204 g/mol. The van der Waals surface area contributed by atoms with Crippen LogP contribution in [0.3, 0.4) is 0 Å². The van der Waals surface area contributed by atoms with Crippen LogP contribution >= 0.6 is 0 Å². The number of nitrogens with zero attached hydrogens (tertiary/aromatic N) is 1. The van der Waals surface area contributed by atoms with Gasteiger partial charge in [0, 0.05) is 31.3 Å². The number of para-hydroxylation sites is 1. The second-order valence-electron chi connectivity index (χ2n) is 4.31. The number of likely N-dealkylation sites (N-methyl/N-ethyl adjacent to an activating group) is 1. The van der Waals surface area contributed by atoms with E-state index in [-0.39, 0.29) is 5.91 Å². The summed E-state index contributed by atoms with van der Waals surface area (Å²) in [6.45, 7) is 1.16. The van der Waals surface area contributed by atoms with E-state index in [9.17, 15) is 4.79 Å². The standard InChI is InChI=1S/C12H14N2O2/c1-14-7-6-12(11(14)15)9-4-2-3-5-10(9)13-8-16-12/h2-5,13H,6-8H2,1H3. The summed E-state index contributed by atoms with van der Waals surface area (Å²) in [4.78, 5) is 14.0. The second kappa shape index (κ2) is 3.22. The Morgan fingerprint density at radius 1 is 1.44 bits per heavy atom. The fourth-order valence-electron chi connectivity index (χ4n) is 2.53. The monoisotopic (exact) mass is 218 g/mol. The van der Waals surface area contributed by atoms with Crippen LogP contribution < -0.4 is 5.32 Å². The SMILES string of the molecule is CN1CCC2(OCNc3ccccc32)C1=O. The summed E-state index contributed by atoms with van der Waals surface area (Å²) in [5.41, 5.74) is 1.24. The van der Waals surface area contributed by atoms with Gasteiger partial charge in [0.05, 0.1) is 0 Å². The third-order valence-electron chi connectivity index (χ3n) is 3.43. The highest BCUT2D eigenvalue weighted by Gasteiger charge is 2.50. The second-order valence-corrected chi connectivity index (χ2v) is 4.31. The van der Waals surface area contributed by atoms with Crippen molar-refractivity contribution >= 4 is 11.6 Å². The third kappa shape index (κ3) is 1.10. The van der Waals surface area contributed by atoms with Crippen LogP contribution in [0.5, 0.6) is 0 Å². The maximum atomic E-state index is 12.2. The molecule has 84 valence electrons. The lowest BCUT2D eigenvalue weighted by Crippen LogP contribution is -2.43. The van der Waals surface area contributed by atoms with Gasteiger partial charge in [-0.1, -0.05) is 18.2 Å². The largest absolute Gasteiger partial charge is 0.362 e. The molecule has 0 radical (unpaired) electrons. The lowest BCUT2D eigenvalue weighted by atomic mass is 9.89. The van der Waals surface area contributed by atoms with Crippen LogP contribution in [0.4, 0.5) is 5.69 Å². The van der Waals surface area contributed by atoms with Crippen molar-refractivity contribution in [3.8, 4) is 0 Å². The number of carbonyl (C=O) groups excluding carboxylic acids is 1. The molecule has 1 spiro atoms. The molecule has 1 unspecified atom stereocenters. The molecule has 3 rings (SSSR count). The fraction of sp³-hybridized carbons (Fsp3) is 0.417. The number of carbonyl (C=O) groups is 1. The zero-order valence-corrected chi connectivity index (χ0v) is 9.19. The molecule has 4 nitrogen and oxygen atoms in total. The first-order valence-corrected chi connectivity index (χ1v) is 5.47. The van der Waals surface area contributed by atoms with E-state index in [1.807, 2.05) is 31.3 Å². The summed E-state index contributed by atoms with van der Waals surface area (Å²) in [6, 6.07) is 7.88. The van der Waals surface area contributed by atoms with E-state index in [0.29, 0.717) is 6.73 Å². The van der Waals surface area contributed by atoms with Crippen molar-refractivity contribution in [1.29, 1.82) is 0 Å². The van der Waals surface area contributed by atoms with E-state index in [2.05, 4.69) is 5.32 Å². The molecule has 1 N–H and O–H groups in total. The minimum Gasteiger partial charge on any atom is -0.362 e. The van der Waals surface area contributed by atoms with Gasteiger partial charge in [0.25, 0.3) is 5.91 Å². The van der Waals surface area contributed by atoms with Crippen molar-refractivity contribution in [3.63, 3.8) is 0 Å². The summed E-state index contributed by atoms with van der Waals surface area (Å²) in [7, 11) is 1.82. The van der Waals surface area contributed by atoms with Crippen molar-refractivity contribution in [2.45, 2.75) is 12.0 Å². The van der Waals surface area contributed by atoms with E-state index >= 15 is 0 Å². The predicted molar refractivity (Wildman–Crippen MR) is 59.9 cm³/mol. The van der Waals surface area contributed by atoms with E-state index in [1.54, 1.807) is 4.90 Å². The maximum Gasteiger partial charge on any atom is 0.259 e. The van der Waals surface area contributed by atoms with Gasteiger partial charge in [-0.2, -0.15) is 0 Å². The first-order chi connectivity index (χ1) is 7.74. The average Bonchev–Trinajstić information content (AvgIpc) is 2.60. The molecule has 2 aliphatic rings. The summed E-state index contributed by atoms with van der Waals surface area (Å²) < 4.78 is 5.73. The summed E-state index contributed by atoms with van der Waals surface area (Å²) in [6.07, 6.45) is 0.737. The minimum absolute atomic E-state index is 0.0708. The third-order valence-corrected chi connectivity index (χ3v) is 3.43. The van der Waals surface area contributed by atoms with E-state index in [0.717, 1.165) is 24.2 Å². The highest BCUT2D eigenvalue weighted by atomic mass is 16.5. The van der Waals surface area contributed by atoms with Gasteiger partial charge in [-0.15, -0.1) is 0 Å². The number of nitrogens with one attached hydrogen (secondary N) is 1. The van der Waals surface area contributed by atoms with Crippen LogP contribution in [-0.2, 0) is 15.1 Å². The van der Waals surface area contributed by atoms with E-state index in [4.69, 9.17) is 4.74 Å². The zero-order valence-electron chi connectivity index (χ0n) is 9.19. The van der Waals surface area contributed by atoms with Gasteiger partial charge in [-0.25, -0.2) is 0 Å². The van der Waals surface area contributed by atoms with Gasteiger partial charge in [0.2, 0.25) is 0 Å². The highest BCUT2D eigenvalue weighted by Crippen LogP contribution is 2.42. The molecule has 0 aromatic heterocycles. The quantitative estimate of drug-likeness (QED) is 0.710. The van der Waals surface area contributed by atoms with E-state index in [1.165, 1.54) is 0 Å². The molecule has 1 atom stereocenters. The fourth-order valence-corrected chi connectivity index (χ4v) is 2.53. The predicted octanol–water partition coefficient (Wildman–Crippen LogP) is 1.14. The lowest BCUT2D eigenvalue weighted by Gasteiger charge is -2.34. The Morgan fingerprint density at radius 2 is 2.25 bits per heavy atom. The Balaban J connectivity index is 2.14. The summed E-state index contributed by atoms with van der Waals surface area (Å²) >= 11 is 0. The average molecular weight is 218 g/mol. The molecule has 2 heterocycles. The van der Waals surface area contributed by atoms with Gasteiger partial charge in [0.1, 0.15) is 6.73 Å². The van der Waals surface area contributed by atoms with Gasteiger partial charge in [0.15, 0.2) is 5.60 Å². The number of amides is 1. The zero-order chi connectivity index (χ0) is 11.2. The molecule has 1 amide bonds. The Hall–Kier alpha value is -1.55. The molecule has 0 saturated carbocycles. The molecule has 0 bridgehead atoms.